The molecule has 0 saturated heterocycles. The van der Waals surface area contributed by atoms with Crippen LogP contribution < -0.4 is 10.0 Å². The Morgan fingerprint density at radius 1 is 0.938 bits per heavy atom. The molecule has 0 unspecified atom stereocenters. The molecule has 3 aromatic carbocycles. The fourth-order valence-electron chi connectivity index (χ4n) is 3.05. The summed E-state index contributed by atoms with van der Waals surface area (Å²) in [6.07, 6.45) is 0.977. The van der Waals surface area contributed by atoms with Crippen molar-refractivity contribution >= 4 is 38.1 Å². The molecule has 4 rings (SSSR count). The third-order valence-electron chi connectivity index (χ3n) is 4.84. The summed E-state index contributed by atoms with van der Waals surface area (Å²) < 4.78 is 27.3. The highest BCUT2D eigenvalue weighted by atomic mass is 32.2. The molecule has 0 aliphatic rings. The number of benzene rings is 3. The highest BCUT2D eigenvalue weighted by Crippen LogP contribution is 2.26. The van der Waals surface area contributed by atoms with Crippen molar-refractivity contribution in [3.63, 3.8) is 0 Å². The lowest BCUT2D eigenvalue weighted by Gasteiger charge is -2.08. The van der Waals surface area contributed by atoms with Crippen LogP contribution in [0, 0.1) is 0 Å². The minimum Gasteiger partial charge on any atom is -0.298 e. The van der Waals surface area contributed by atoms with Gasteiger partial charge in [-0.05, 0) is 48.4 Å². The average molecular weight is 464 g/mol. The largest absolute Gasteiger partial charge is 0.298 e. The summed E-state index contributed by atoms with van der Waals surface area (Å²) in [7, 11) is -3.68. The summed E-state index contributed by atoms with van der Waals surface area (Å²) in [5, 5.41) is 5.19. The van der Waals surface area contributed by atoms with E-state index >= 15 is 0 Å². The van der Waals surface area contributed by atoms with E-state index in [0.29, 0.717) is 16.4 Å². The number of anilines is 2. The van der Waals surface area contributed by atoms with Gasteiger partial charge >= 0.3 is 0 Å². The number of aryl methyl sites for hydroxylation is 1. The normalized spacial score (nSPS) is 11.2. The summed E-state index contributed by atoms with van der Waals surface area (Å²) in [6.45, 7) is 2.11. The molecule has 0 bridgehead atoms. The maximum absolute atomic E-state index is 12.6. The first kappa shape index (κ1) is 21.7. The van der Waals surface area contributed by atoms with Crippen molar-refractivity contribution in [2.75, 3.05) is 10.0 Å². The molecule has 0 aliphatic carbocycles. The molecule has 1 amide bonds. The van der Waals surface area contributed by atoms with Gasteiger partial charge in [0.1, 0.15) is 0 Å². The van der Waals surface area contributed by atoms with E-state index in [1.54, 1.807) is 42.5 Å². The van der Waals surface area contributed by atoms with Crippen molar-refractivity contribution in [2.24, 2.45) is 0 Å². The fraction of sp³-hybridized carbons (Fsp3) is 0.0833. The third-order valence-corrected chi connectivity index (χ3v) is 6.99. The highest BCUT2D eigenvalue weighted by molar-refractivity contribution is 7.92. The van der Waals surface area contributed by atoms with Gasteiger partial charge in [-0.15, -0.1) is 11.3 Å². The number of sulfonamides is 1. The van der Waals surface area contributed by atoms with E-state index in [1.807, 2.05) is 17.5 Å². The van der Waals surface area contributed by atoms with Gasteiger partial charge in [0.05, 0.1) is 10.6 Å². The monoisotopic (exact) mass is 463 g/mol. The summed E-state index contributed by atoms with van der Waals surface area (Å²) in [4.78, 5) is 17.2. The molecule has 0 aliphatic heterocycles. The zero-order valence-electron chi connectivity index (χ0n) is 17.3. The van der Waals surface area contributed by atoms with E-state index in [2.05, 4.69) is 34.1 Å². The quantitative estimate of drug-likeness (QED) is 0.383. The van der Waals surface area contributed by atoms with E-state index in [0.717, 1.165) is 17.7 Å². The van der Waals surface area contributed by atoms with Gasteiger partial charge in [0.2, 0.25) is 0 Å². The second-order valence-corrected chi connectivity index (χ2v) is 9.58. The third kappa shape index (κ3) is 5.04. The molecule has 0 saturated carbocycles. The molecule has 0 radical (unpaired) electrons. The molecular weight excluding hydrogens is 442 g/mol. The fourth-order valence-corrected chi connectivity index (χ4v) is 4.84. The van der Waals surface area contributed by atoms with Crippen molar-refractivity contribution in [1.82, 2.24) is 4.98 Å². The predicted molar refractivity (Wildman–Crippen MR) is 129 cm³/mol. The lowest BCUT2D eigenvalue weighted by molar-refractivity contribution is 0.102. The van der Waals surface area contributed by atoms with Crippen LogP contribution >= 0.6 is 11.3 Å². The molecule has 2 N–H and O–H groups in total. The number of aromatic nitrogens is 1. The van der Waals surface area contributed by atoms with Crippen molar-refractivity contribution in [3.8, 4) is 11.3 Å². The van der Waals surface area contributed by atoms with Gasteiger partial charge in [0.15, 0.2) is 5.13 Å². The first-order valence-electron chi connectivity index (χ1n) is 9.99. The Morgan fingerprint density at radius 2 is 1.62 bits per heavy atom. The first-order chi connectivity index (χ1) is 15.4. The van der Waals surface area contributed by atoms with Gasteiger partial charge in [0, 0.05) is 22.2 Å². The molecule has 32 heavy (non-hydrogen) atoms. The Bertz CT molecular complexity index is 1320. The lowest BCUT2D eigenvalue weighted by atomic mass is 10.1. The SMILES string of the molecule is CCc1ccc(-c2csc(NC(=O)c3ccc(NS(=O)(=O)c4ccccc4)cc3)n2)cc1. The molecule has 162 valence electrons. The maximum atomic E-state index is 12.6. The minimum atomic E-state index is -3.68. The van der Waals surface area contributed by atoms with Gasteiger partial charge in [0.25, 0.3) is 15.9 Å². The minimum absolute atomic E-state index is 0.172. The van der Waals surface area contributed by atoms with Gasteiger partial charge in [-0.3, -0.25) is 14.8 Å². The number of carbonyl (C=O) groups is 1. The smallest absolute Gasteiger partial charge is 0.261 e. The standard InChI is InChI=1S/C24H21N3O3S2/c1-2-17-8-10-18(11-9-17)22-16-31-24(25-22)26-23(28)19-12-14-20(15-13-19)27-32(29,30)21-6-4-3-5-7-21/h3-16,27H,2H2,1H3,(H,25,26,28). The topological polar surface area (TPSA) is 88.2 Å². The summed E-state index contributed by atoms with van der Waals surface area (Å²) in [5.41, 5.74) is 3.83. The Balaban J connectivity index is 1.41. The van der Waals surface area contributed by atoms with Crippen molar-refractivity contribution < 1.29 is 13.2 Å². The number of nitrogens with one attached hydrogen (secondary N) is 2. The van der Waals surface area contributed by atoms with Crippen LogP contribution in [0.4, 0.5) is 10.8 Å². The van der Waals surface area contributed by atoms with Crippen molar-refractivity contribution in [2.45, 2.75) is 18.2 Å². The Kier molecular flexibility index (Phi) is 6.34. The number of thiazole rings is 1. The molecule has 1 heterocycles. The maximum Gasteiger partial charge on any atom is 0.261 e. The number of hydrogen-bond acceptors (Lipinski definition) is 5. The van der Waals surface area contributed by atoms with Crippen LogP contribution in [0.5, 0.6) is 0 Å². The van der Waals surface area contributed by atoms with Crippen LogP contribution in [-0.2, 0) is 16.4 Å². The zero-order chi connectivity index (χ0) is 22.6. The van der Waals surface area contributed by atoms with Crippen LogP contribution in [0.15, 0.2) is 89.1 Å². The molecule has 4 aromatic rings. The predicted octanol–water partition coefficient (Wildman–Crippen LogP) is 5.43. The molecule has 0 spiro atoms. The average Bonchev–Trinajstić information content (AvgIpc) is 3.28. The summed E-state index contributed by atoms with van der Waals surface area (Å²) >= 11 is 1.35. The van der Waals surface area contributed by atoms with E-state index in [-0.39, 0.29) is 10.8 Å². The number of rotatable bonds is 7. The molecular formula is C24H21N3O3S2. The lowest BCUT2D eigenvalue weighted by Crippen LogP contribution is -2.14. The number of amides is 1. The molecule has 6 nitrogen and oxygen atoms in total. The Morgan fingerprint density at radius 3 is 2.28 bits per heavy atom. The van der Waals surface area contributed by atoms with Crippen LogP contribution in [-0.4, -0.2) is 19.3 Å². The number of carbonyl (C=O) groups excluding carboxylic acids is 1. The van der Waals surface area contributed by atoms with Crippen LogP contribution in [0.25, 0.3) is 11.3 Å². The van der Waals surface area contributed by atoms with Crippen molar-refractivity contribution in [1.29, 1.82) is 0 Å². The number of nitrogens with zero attached hydrogens (tertiary/aromatic N) is 1. The molecule has 0 fully saturated rings. The Labute approximate surface area is 191 Å². The number of hydrogen-bond donors (Lipinski definition) is 2. The highest BCUT2D eigenvalue weighted by Gasteiger charge is 2.14. The second-order valence-electron chi connectivity index (χ2n) is 7.04. The molecule has 0 atom stereocenters. The van der Waals surface area contributed by atoms with E-state index in [9.17, 15) is 13.2 Å². The van der Waals surface area contributed by atoms with Gasteiger partial charge < -0.3 is 0 Å². The van der Waals surface area contributed by atoms with Crippen LogP contribution in [0.3, 0.4) is 0 Å². The first-order valence-corrected chi connectivity index (χ1v) is 12.3. The molecule has 8 heteroatoms. The van der Waals surface area contributed by atoms with Gasteiger partial charge in [-0.25, -0.2) is 13.4 Å². The van der Waals surface area contributed by atoms with Gasteiger partial charge in [-0.1, -0.05) is 49.4 Å². The van der Waals surface area contributed by atoms with Crippen molar-refractivity contribution in [3.05, 3.63) is 95.4 Å². The van der Waals surface area contributed by atoms with Gasteiger partial charge in [-0.2, -0.15) is 0 Å². The molecule has 1 aromatic heterocycles. The van der Waals surface area contributed by atoms with Crippen LogP contribution in [0.2, 0.25) is 0 Å². The van der Waals surface area contributed by atoms with E-state index in [4.69, 9.17) is 0 Å². The zero-order valence-corrected chi connectivity index (χ0v) is 18.9. The van der Waals surface area contributed by atoms with Crippen LogP contribution in [0.1, 0.15) is 22.8 Å². The van der Waals surface area contributed by atoms with E-state index in [1.165, 1.54) is 29.0 Å². The summed E-state index contributed by atoms with van der Waals surface area (Å²) in [5.74, 6) is -0.315. The summed E-state index contributed by atoms with van der Waals surface area (Å²) in [6, 6.07) is 22.5. The Hall–Kier alpha value is -3.49. The van der Waals surface area contributed by atoms with E-state index < -0.39 is 10.0 Å². The second kappa shape index (κ2) is 9.33.